The van der Waals surface area contributed by atoms with E-state index in [1.165, 1.54) is 18.3 Å². The summed E-state index contributed by atoms with van der Waals surface area (Å²) >= 11 is 1.41. The second-order valence-electron chi connectivity index (χ2n) is 7.50. The quantitative estimate of drug-likeness (QED) is 0.507. The van der Waals surface area contributed by atoms with E-state index < -0.39 is 23.9 Å². The Morgan fingerprint density at radius 3 is 2.42 bits per heavy atom. The fourth-order valence-electron chi connectivity index (χ4n) is 3.54. The molecule has 166 valence electrons. The molecule has 0 aliphatic heterocycles. The van der Waals surface area contributed by atoms with Crippen molar-refractivity contribution in [2.24, 2.45) is 0 Å². The Kier molecular flexibility index (Phi) is 7.68. The van der Waals surface area contributed by atoms with Gasteiger partial charge in [-0.2, -0.15) is 0 Å². The van der Waals surface area contributed by atoms with Crippen LogP contribution in [0, 0.1) is 0 Å². The summed E-state index contributed by atoms with van der Waals surface area (Å²) in [5.41, 5.74) is 7.88. The van der Waals surface area contributed by atoms with Crippen LogP contribution in [0.25, 0.3) is 0 Å². The molecule has 0 fully saturated rings. The third kappa shape index (κ3) is 5.64. The third-order valence-electron chi connectivity index (χ3n) is 5.19. The van der Waals surface area contributed by atoms with Crippen molar-refractivity contribution in [3.63, 3.8) is 0 Å². The zero-order valence-electron chi connectivity index (χ0n) is 17.9. The van der Waals surface area contributed by atoms with Crippen LogP contribution < -0.4 is 11.1 Å². The van der Waals surface area contributed by atoms with Crippen LogP contribution in [0.1, 0.15) is 70.7 Å². The first kappa shape index (κ1) is 22.8. The first-order valence-corrected chi connectivity index (χ1v) is 11.4. The van der Waals surface area contributed by atoms with Gasteiger partial charge in [0.1, 0.15) is 5.00 Å². The van der Waals surface area contributed by atoms with Gasteiger partial charge in [-0.25, -0.2) is 9.59 Å². The second kappa shape index (κ2) is 10.4. The van der Waals surface area contributed by atoms with Crippen LogP contribution in [-0.4, -0.2) is 30.6 Å². The number of amides is 1. The Bertz CT molecular complexity index is 952. The summed E-state index contributed by atoms with van der Waals surface area (Å²) < 4.78 is 10.6. The summed E-state index contributed by atoms with van der Waals surface area (Å²) in [5, 5.41) is 3.26. The highest BCUT2D eigenvalue weighted by Crippen LogP contribution is 2.37. The van der Waals surface area contributed by atoms with Gasteiger partial charge < -0.3 is 20.5 Å². The SMILES string of the molecule is CCOC(=O)c1c(NC(=O)C(C)OC(=O)c2ccc(N)cc2)sc2c1CCCCCC2. The smallest absolute Gasteiger partial charge is 0.341 e. The maximum atomic E-state index is 12.8. The first-order chi connectivity index (χ1) is 14.9. The van der Waals surface area contributed by atoms with Gasteiger partial charge in [-0.3, -0.25) is 4.79 Å². The number of rotatable bonds is 6. The largest absolute Gasteiger partial charge is 0.462 e. The van der Waals surface area contributed by atoms with Crippen molar-refractivity contribution in [3.05, 3.63) is 45.8 Å². The molecular formula is C23H28N2O5S. The van der Waals surface area contributed by atoms with Crippen LogP contribution in [0.5, 0.6) is 0 Å². The summed E-state index contributed by atoms with van der Waals surface area (Å²) in [7, 11) is 0. The maximum absolute atomic E-state index is 12.8. The average Bonchev–Trinajstić information content (AvgIpc) is 3.04. The molecule has 0 spiro atoms. The number of hydrogen-bond acceptors (Lipinski definition) is 7. The molecular weight excluding hydrogens is 416 g/mol. The van der Waals surface area contributed by atoms with Gasteiger partial charge in [-0.15, -0.1) is 11.3 Å². The lowest BCUT2D eigenvalue weighted by Gasteiger charge is -2.14. The lowest BCUT2D eigenvalue weighted by Crippen LogP contribution is -2.30. The number of nitrogens with one attached hydrogen (secondary N) is 1. The second-order valence-corrected chi connectivity index (χ2v) is 8.61. The number of fused-ring (bicyclic) bond motifs is 1. The number of benzene rings is 1. The fraction of sp³-hybridized carbons (Fsp3) is 0.435. The number of nitrogens with two attached hydrogens (primary N) is 1. The summed E-state index contributed by atoms with van der Waals surface area (Å²) in [6.45, 7) is 3.51. The zero-order chi connectivity index (χ0) is 22.4. The molecule has 3 rings (SSSR count). The molecule has 0 radical (unpaired) electrons. The molecule has 0 saturated heterocycles. The average molecular weight is 445 g/mol. The van der Waals surface area contributed by atoms with Gasteiger partial charge >= 0.3 is 11.9 Å². The summed E-state index contributed by atoms with van der Waals surface area (Å²) in [5.74, 6) is -1.54. The van der Waals surface area contributed by atoms with E-state index in [9.17, 15) is 14.4 Å². The van der Waals surface area contributed by atoms with Gasteiger partial charge in [0.05, 0.1) is 17.7 Å². The number of nitrogen functional groups attached to an aromatic ring is 1. The zero-order valence-corrected chi connectivity index (χ0v) is 18.7. The molecule has 0 bridgehead atoms. The van der Waals surface area contributed by atoms with Crippen molar-refractivity contribution >= 4 is 39.9 Å². The van der Waals surface area contributed by atoms with Crippen LogP contribution in [-0.2, 0) is 27.1 Å². The minimum Gasteiger partial charge on any atom is -0.462 e. The summed E-state index contributed by atoms with van der Waals surface area (Å²) in [6.07, 6.45) is 4.97. The van der Waals surface area contributed by atoms with Crippen LogP contribution in [0.3, 0.4) is 0 Å². The normalized spacial score (nSPS) is 14.5. The number of esters is 2. The number of thiophene rings is 1. The summed E-state index contributed by atoms with van der Waals surface area (Å²) in [6, 6.07) is 6.27. The molecule has 1 heterocycles. The van der Waals surface area contributed by atoms with E-state index in [4.69, 9.17) is 15.2 Å². The molecule has 1 atom stereocenters. The van der Waals surface area contributed by atoms with Gasteiger partial charge in [-0.1, -0.05) is 12.8 Å². The maximum Gasteiger partial charge on any atom is 0.341 e. The van der Waals surface area contributed by atoms with Gasteiger partial charge in [0, 0.05) is 10.6 Å². The predicted molar refractivity (Wildman–Crippen MR) is 121 cm³/mol. The van der Waals surface area contributed by atoms with Crippen molar-refractivity contribution in [2.75, 3.05) is 17.7 Å². The van der Waals surface area contributed by atoms with Crippen LogP contribution in [0.2, 0.25) is 0 Å². The lowest BCUT2D eigenvalue weighted by atomic mass is 9.96. The molecule has 31 heavy (non-hydrogen) atoms. The van der Waals surface area contributed by atoms with E-state index in [0.29, 0.717) is 21.8 Å². The van der Waals surface area contributed by atoms with E-state index >= 15 is 0 Å². The highest BCUT2D eigenvalue weighted by atomic mass is 32.1. The number of carbonyl (C=O) groups is 3. The molecule has 1 amide bonds. The Morgan fingerprint density at radius 2 is 1.74 bits per heavy atom. The Balaban J connectivity index is 1.77. The van der Waals surface area contributed by atoms with Gasteiger partial charge in [-0.05, 0) is 69.4 Å². The molecule has 3 N–H and O–H groups in total. The molecule has 1 aromatic heterocycles. The number of hydrogen-bond donors (Lipinski definition) is 2. The van der Waals surface area contributed by atoms with Crippen molar-refractivity contribution in [3.8, 4) is 0 Å². The monoisotopic (exact) mass is 444 g/mol. The van der Waals surface area contributed by atoms with Crippen LogP contribution >= 0.6 is 11.3 Å². The van der Waals surface area contributed by atoms with Crippen molar-refractivity contribution in [1.29, 1.82) is 0 Å². The van der Waals surface area contributed by atoms with Crippen molar-refractivity contribution in [2.45, 2.75) is 58.5 Å². The molecule has 8 heteroatoms. The highest BCUT2D eigenvalue weighted by Gasteiger charge is 2.28. The summed E-state index contributed by atoms with van der Waals surface area (Å²) in [4.78, 5) is 38.9. The number of aryl methyl sites for hydroxylation is 1. The van der Waals surface area contributed by atoms with E-state index in [2.05, 4.69) is 5.32 Å². The molecule has 2 aromatic rings. The van der Waals surface area contributed by atoms with E-state index in [1.807, 2.05) is 0 Å². The topological polar surface area (TPSA) is 108 Å². The van der Waals surface area contributed by atoms with E-state index in [1.54, 1.807) is 31.2 Å². The van der Waals surface area contributed by atoms with Crippen molar-refractivity contribution < 1.29 is 23.9 Å². The Hall–Kier alpha value is -2.87. The van der Waals surface area contributed by atoms with Gasteiger partial charge in [0.2, 0.25) is 0 Å². The standard InChI is InChI=1S/C23H28N2O5S/c1-3-29-23(28)19-17-8-6-4-5-7-9-18(17)31-21(19)25-20(26)14(2)30-22(27)15-10-12-16(24)13-11-15/h10-14H,3-9,24H2,1-2H3,(H,25,26). The minimum absolute atomic E-state index is 0.256. The van der Waals surface area contributed by atoms with Crippen LogP contribution in [0.4, 0.5) is 10.7 Å². The molecule has 0 saturated carbocycles. The van der Waals surface area contributed by atoms with E-state index in [-0.39, 0.29) is 6.61 Å². The number of carbonyl (C=O) groups excluding carboxylic acids is 3. The molecule has 1 aliphatic carbocycles. The minimum atomic E-state index is -1.04. The highest BCUT2D eigenvalue weighted by molar-refractivity contribution is 7.17. The Morgan fingerprint density at radius 1 is 1.06 bits per heavy atom. The third-order valence-corrected chi connectivity index (χ3v) is 6.39. The molecule has 1 unspecified atom stereocenters. The molecule has 7 nitrogen and oxygen atoms in total. The number of ether oxygens (including phenoxy) is 2. The van der Waals surface area contributed by atoms with Crippen molar-refractivity contribution in [1.82, 2.24) is 0 Å². The number of anilines is 2. The predicted octanol–water partition coefficient (Wildman–Crippen LogP) is 4.35. The lowest BCUT2D eigenvalue weighted by molar-refractivity contribution is -0.123. The Labute approximate surface area is 185 Å². The van der Waals surface area contributed by atoms with E-state index in [0.717, 1.165) is 49.0 Å². The molecule has 1 aliphatic rings. The fourth-order valence-corrected chi connectivity index (χ4v) is 4.82. The van der Waals surface area contributed by atoms with Crippen LogP contribution in [0.15, 0.2) is 24.3 Å². The van der Waals surface area contributed by atoms with Gasteiger partial charge in [0.25, 0.3) is 5.91 Å². The molecule has 1 aromatic carbocycles. The first-order valence-electron chi connectivity index (χ1n) is 10.6. The van der Waals surface area contributed by atoms with Gasteiger partial charge in [0.15, 0.2) is 6.10 Å².